The molecule has 0 radical (unpaired) electrons. The average molecular weight is 921 g/mol. The van der Waals surface area contributed by atoms with Crippen LogP contribution >= 0.6 is 0 Å². The van der Waals surface area contributed by atoms with E-state index in [1.54, 1.807) is 34.6 Å². The molecule has 372 valence electrons. The maximum Gasteiger partial charge on any atom is 0.408 e. The van der Waals surface area contributed by atoms with Crippen molar-refractivity contribution in [2.24, 2.45) is 62.1 Å². The van der Waals surface area contributed by atoms with Crippen molar-refractivity contribution >= 4 is 29.8 Å². The smallest absolute Gasteiger partial charge is 0.408 e. The van der Waals surface area contributed by atoms with Crippen LogP contribution in [0.15, 0.2) is 12.2 Å². The number of amides is 3. The minimum Gasteiger partial charge on any atom is -0.481 e. The molecular weight excluding hydrogens is 833 g/mol. The molecule has 0 bridgehead atoms. The van der Waals surface area contributed by atoms with Gasteiger partial charge in [-0.2, -0.15) is 5.26 Å². The number of nitrogens with one attached hydrogen (secondary N) is 3. The third kappa shape index (κ3) is 10.8. The number of unbranched alkanes of at least 4 members (excludes halogenated alkanes) is 5. The highest BCUT2D eigenvalue weighted by Gasteiger charge is 2.72. The van der Waals surface area contributed by atoms with Gasteiger partial charge in [-0.05, 0) is 171 Å². The number of rotatable bonds is 19. The van der Waals surface area contributed by atoms with Crippen molar-refractivity contribution in [2.75, 3.05) is 13.1 Å². The van der Waals surface area contributed by atoms with Crippen LogP contribution in [0.4, 0.5) is 4.79 Å². The summed E-state index contributed by atoms with van der Waals surface area (Å²) in [5.41, 5.74) is -0.947. The summed E-state index contributed by atoms with van der Waals surface area (Å²) in [4.78, 5) is 64.7. The zero-order chi connectivity index (χ0) is 49.1. The van der Waals surface area contributed by atoms with Crippen LogP contribution in [0, 0.1) is 73.4 Å². The number of hydrogen-bond donors (Lipinski definition) is 4. The number of carboxylic acid groups (broad SMARTS) is 1. The van der Waals surface area contributed by atoms with Gasteiger partial charge in [0.15, 0.2) is 0 Å². The molecule has 4 N–H and O–H groups in total. The predicted octanol–water partition coefficient (Wildman–Crippen LogP) is 10.8. The predicted molar refractivity (Wildman–Crippen MR) is 257 cm³/mol. The quantitative estimate of drug-likeness (QED) is 0.0556. The number of hydrogen-bond acceptors (Lipinski definition) is 8. The molecule has 0 spiro atoms. The molecule has 12 heteroatoms. The Bertz CT molecular complexity index is 1850. The van der Waals surface area contributed by atoms with Crippen LogP contribution < -0.4 is 16.0 Å². The zero-order valence-corrected chi connectivity index (χ0v) is 42.8. The van der Waals surface area contributed by atoms with E-state index in [0.29, 0.717) is 36.8 Å². The van der Waals surface area contributed by atoms with Gasteiger partial charge in [0.1, 0.15) is 17.7 Å². The van der Waals surface area contributed by atoms with Crippen LogP contribution in [0.5, 0.6) is 0 Å². The molecule has 5 aliphatic rings. The highest BCUT2D eigenvalue weighted by Crippen LogP contribution is 2.77. The number of allylic oxidation sites excluding steroid dienone is 1. The molecule has 3 amide bonds. The molecule has 66 heavy (non-hydrogen) atoms. The normalized spacial score (nSPS) is 33.8. The molecule has 5 fully saturated rings. The number of carbonyl (C=O) groups is 5. The summed E-state index contributed by atoms with van der Waals surface area (Å²) in [7, 11) is 0. The van der Waals surface area contributed by atoms with Crippen molar-refractivity contribution in [3.63, 3.8) is 0 Å². The molecule has 5 rings (SSSR count). The van der Waals surface area contributed by atoms with Crippen LogP contribution in [0.25, 0.3) is 0 Å². The second-order valence-corrected chi connectivity index (χ2v) is 24.6. The Kier molecular flexibility index (Phi) is 16.6. The molecule has 1 unspecified atom stereocenters. The topological polar surface area (TPSA) is 184 Å². The summed E-state index contributed by atoms with van der Waals surface area (Å²) in [5, 5.41) is 27.7. The van der Waals surface area contributed by atoms with E-state index in [1.807, 2.05) is 6.07 Å². The van der Waals surface area contributed by atoms with Crippen LogP contribution in [0.1, 0.15) is 198 Å². The van der Waals surface area contributed by atoms with Gasteiger partial charge < -0.3 is 30.5 Å². The monoisotopic (exact) mass is 921 g/mol. The maximum atomic E-state index is 14.6. The minimum atomic E-state index is -1.17. The lowest BCUT2D eigenvalue weighted by molar-refractivity contribution is -0.249. The number of esters is 1. The fourth-order valence-corrected chi connectivity index (χ4v) is 15.0. The van der Waals surface area contributed by atoms with E-state index in [9.17, 15) is 29.1 Å². The largest absolute Gasteiger partial charge is 0.481 e. The van der Waals surface area contributed by atoms with Crippen LogP contribution in [0.3, 0.4) is 0 Å². The Morgan fingerprint density at radius 1 is 0.788 bits per heavy atom. The molecule has 0 aromatic heterocycles. The standard InChI is InChI=1S/C54H88N4O8/c1-35(2)36-23-28-54(45(61)57-33-18-16-14-13-15-17-32-56-44(60)38(20-19-31-55)58-47(64)66-48(3,4)5)30-29-52(11)37(43(36)54)21-22-40-51(10)26-25-41(65-42(59)34-49(6,7)46(62)63)50(8,9)39(51)24-27-53(40,52)12/h36-41,43H,1,13-30,32-34H2,2-12H3,(H,56,60)(H,57,61)(H,58,64)(H,62,63)/t36-,37+,38?,39-,40+,41-,43+,51-,52+,53+,54-/m0/s1. The number of carboxylic acids is 1. The first-order valence-electron chi connectivity index (χ1n) is 25.7. The van der Waals surface area contributed by atoms with Gasteiger partial charge in [-0.25, -0.2) is 4.79 Å². The van der Waals surface area contributed by atoms with Gasteiger partial charge >= 0.3 is 18.0 Å². The lowest BCUT2D eigenvalue weighted by atomic mass is 9.32. The van der Waals surface area contributed by atoms with Gasteiger partial charge in [-0.3, -0.25) is 19.2 Å². The summed E-state index contributed by atoms with van der Waals surface area (Å²) >= 11 is 0. The van der Waals surface area contributed by atoms with Crippen molar-refractivity contribution in [1.82, 2.24) is 16.0 Å². The SMILES string of the molecule is C=C(C)[C@@H]1CC[C@]2(C(=O)NCCCCCCCCNC(=O)C(CCC#N)NC(=O)OC(C)(C)C)CC[C@]3(C)[C@H](CC[C@@H]4[C@@]5(C)CC[C@H](OC(=O)CC(C)(C)C(=O)O)C(C)(C)[C@@H]5CC[C@]43C)[C@@H]12. The van der Waals surface area contributed by atoms with Crippen molar-refractivity contribution in [2.45, 2.75) is 216 Å². The fourth-order valence-electron chi connectivity index (χ4n) is 15.0. The minimum absolute atomic E-state index is 0.0871. The first-order valence-corrected chi connectivity index (χ1v) is 25.7. The third-order valence-corrected chi connectivity index (χ3v) is 18.6. The Morgan fingerprint density at radius 2 is 1.42 bits per heavy atom. The third-order valence-electron chi connectivity index (χ3n) is 18.6. The number of aliphatic carboxylic acids is 1. The number of fused-ring (bicyclic) bond motifs is 7. The summed E-state index contributed by atoms with van der Waals surface area (Å²) < 4.78 is 11.5. The first kappa shape index (κ1) is 53.3. The van der Waals surface area contributed by atoms with E-state index in [0.717, 1.165) is 103 Å². The number of ether oxygens (including phenoxy) is 2. The molecule has 0 aromatic rings. The summed E-state index contributed by atoms with van der Waals surface area (Å²) in [6.45, 7) is 28.6. The Balaban J connectivity index is 1.14. The van der Waals surface area contributed by atoms with E-state index in [2.05, 4.69) is 64.1 Å². The van der Waals surface area contributed by atoms with Crippen LogP contribution in [-0.2, 0) is 28.7 Å². The molecule has 0 heterocycles. The Labute approximate surface area is 397 Å². The molecule has 0 saturated heterocycles. The van der Waals surface area contributed by atoms with Gasteiger partial charge in [0.2, 0.25) is 11.8 Å². The lowest BCUT2D eigenvalue weighted by Gasteiger charge is -2.72. The van der Waals surface area contributed by atoms with E-state index in [1.165, 1.54) is 5.57 Å². The average Bonchev–Trinajstić information content (AvgIpc) is 3.62. The number of alkyl carbamates (subject to hydrolysis) is 1. The molecule has 0 aromatic carbocycles. The Hall–Kier alpha value is -3.62. The molecular formula is C54H88N4O8. The summed E-state index contributed by atoms with van der Waals surface area (Å²) in [5.74, 6) is 0.527. The highest BCUT2D eigenvalue weighted by atomic mass is 16.6. The van der Waals surface area contributed by atoms with Gasteiger partial charge in [0.05, 0.1) is 23.3 Å². The fraction of sp³-hybridized carbons (Fsp3) is 0.852. The second kappa shape index (κ2) is 20.5. The summed E-state index contributed by atoms with van der Waals surface area (Å²) in [6.07, 6.45) is 15.3. The second-order valence-electron chi connectivity index (χ2n) is 24.6. The zero-order valence-electron chi connectivity index (χ0n) is 42.8. The highest BCUT2D eigenvalue weighted by molar-refractivity contribution is 5.86. The number of nitriles is 1. The van der Waals surface area contributed by atoms with Crippen molar-refractivity contribution < 1.29 is 38.6 Å². The molecule has 0 aliphatic heterocycles. The van der Waals surface area contributed by atoms with Crippen molar-refractivity contribution in [3.8, 4) is 6.07 Å². The van der Waals surface area contributed by atoms with Gasteiger partial charge in [-0.15, -0.1) is 0 Å². The van der Waals surface area contributed by atoms with E-state index < -0.39 is 35.1 Å². The van der Waals surface area contributed by atoms with Crippen LogP contribution in [-0.4, -0.2) is 65.8 Å². The lowest BCUT2D eigenvalue weighted by Crippen LogP contribution is -2.67. The molecule has 5 saturated carbocycles. The van der Waals surface area contributed by atoms with E-state index in [-0.39, 0.29) is 70.2 Å². The van der Waals surface area contributed by atoms with Gasteiger partial charge in [0.25, 0.3) is 0 Å². The number of nitrogens with zero attached hydrogens (tertiary/aromatic N) is 1. The van der Waals surface area contributed by atoms with Crippen molar-refractivity contribution in [1.29, 1.82) is 5.26 Å². The molecule has 12 nitrogen and oxygen atoms in total. The molecule has 11 atom stereocenters. The van der Waals surface area contributed by atoms with Gasteiger partial charge in [-0.1, -0.05) is 72.5 Å². The molecule has 5 aliphatic carbocycles. The van der Waals surface area contributed by atoms with Crippen molar-refractivity contribution in [3.05, 3.63) is 12.2 Å². The van der Waals surface area contributed by atoms with E-state index in [4.69, 9.17) is 14.7 Å². The first-order chi connectivity index (χ1) is 30.7. The summed E-state index contributed by atoms with van der Waals surface area (Å²) in [6, 6.07) is 1.22. The Morgan fingerprint density at radius 3 is 2.03 bits per heavy atom. The van der Waals surface area contributed by atoms with Gasteiger partial charge in [0, 0.05) is 24.9 Å². The van der Waals surface area contributed by atoms with Crippen LogP contribution in [0.2, 0.25) is 0 Å². The number of carbonyl (C=O) groups excluding carboxylic acids is 4. The van der Waals surface area contributed by atoms with E-state index >= 15 is 0 Å². The maximum absolute atomic E-state index is 14.6.